The van der Waals surface area contributed by atoms with Crippen LogP contribution in [-0.2, 0) is 10.0 Å². The average Bonchev–Trinajstić information content (AvgIpc) is 2.74. The molecule has 4 rings (SSSR count). The fraction of sp³-hybridized carbons (Fsp3) is 0.286. The molecule has 2 aromatic carbocycles. The van der Waals surface area contributed by atoms with Gasteiger partial charge in [-0.05, 0) is 44.0 Å². The van der Waals surface area contributed by atoms with Gasteiger partial charge in [0.25, 0.3) is 0 Å². The molecule has 8 heteroatoms. The third-order valence-electron chi connectivity index (χ3n) is 4.99. The fourth-order valence-corrected chi connectivity index (χ4v) is 4.90. The molecule has 0 aliphatic carbocycles. The Morgan fingerprint density at radius 2 is 1.79 bits per heavy atom. The number of Topliss-reactive ketones (excluding diaryl/α,β-unsaturated/α-hetero) is 1. The van der Waals surface area contributed by atoms with Crippen molar-refractivity contribution in [3.8, 4) is 5.88 Å². The first kappa shape index (κ1) is 19.5. The second kappa shape index (κ2) is 7.88. The van der Waals surface area contributed by atoms with Gasteiger partial charge in [0.15, 0.2) is 5.78 Å². The predicted octanol–water partition coefficient (Wildman–Crippen LogP) is 3.06. The summed E-state index contributed by atoms with van der Waals surface area (Å²) in [6.45, 7) is 2.11. The van der Waals surface area contributed by atoms with Gasteiger partial charge in [0.2, 0.25) is 15.9 Å². The van der Waals surface area contributed by atoms with Crippen molar-refractivity contribution in [2.75, 3.05) is 13.1 Å². The zero-order chi connectivity index (χ0) is 20.4. The molecule has 0 amide bonds. The first-order valence-corrected chi connectivity index (χ1v) is 10.9. The summed E-state index contributed by atoms with van der Waals surface area (Å²) < 4.78 is 33.2. The number of carbonyl (C=O) groups is 1. The molecule has 0 spiro atoms. The molecule has 7 nitrogen and oxygen atoms in total. The number of hydrogen-bond donors (Lipinski definition) is 0. The average molecular weight is 411 g/mol. The highest BCUT2D eigenvalue weighted by Crippen LogP contribution is 2.24. The first-order valence-electron chi connectivity index (χ1n) is 9.43. The molecule has 0 N–H and O–H groups in total. The minimum absolute atomic E-state index is 0.125. The molecule has 1 aromatic heterocycles. The number of fused-ring (bicyclic) bond motifs is 1. The van der Waals surface area contributed by atoms with Crippen LogP contribution in [0.4, 0.5) is 0 Å². The molecular formula is C21H21N3O4S. The van der Waals surface area contributed by atoms with Gasteiger partial charge in [-0.25, -0.2) is 18.4 Å². The summed E-state index contributed by atoms with van der Waals surface area (Å²) in [7, 11) is -3.65. The number of ether oxygens (including phenoxy) is 1. The van der Waals surface area contributed by atoms with Gasteiger partial charge in [-0.1, -0.05) is 24.3 Å². The van der Waals surface area contributed by atoms with Gasteiger partial charge < -0.3 is 4.74 Å². The Balaban J connectivity index is 1.43. The maximum absolute atomic E-state index is 12.9. The van der Waals surface area contributed by atoms with Gasteiger partial charge in [0.05, 0.1) is 22.1 Å². The molecule has 1 saturated heterocycles. The third kappa shape index (κ3) is 4.13. The molecule has 0 saturated carbocycles. The van der Waals surface area contributed by atoms with Crippen LogP contribution in [0.5, 0.6) is 5.88 Å². The van der Waals surface area contributed by atoms with Crippen molar-refractivity contribution in [2.24, 2.45) is 0 Å². The third-order valence-corrected chi connectivity index (χ3v) is 6.89. The lowest BCUT2D eigenvalue weighted by atomic mass is 10.1. The van der Waals surface area contributed by atoms with Crippen LogP contribution in [0, 0.1) is 0 Å². The van der Waals surface area contributed by atoms with Gasteiger partial charge in [-0.15, -0.1) is 0 Å². The Labute approximate surface area is 169 Å². The van der Waals surface area contributed by atoms with E-state index in [-0.39, 0.29) is 16.8 Å². The monoisotopic (exact) mass is 411 g/mol. The quantitative estimate of drug-likeness (QED) is 0.600. The Morgan fingerprint density at radius 1 is 1.07 bits per heavy atom. The van der Waals surface area contributed by atoms with E-state index in [0.29, 0.717) is 37.4 Å². The number of rotatable bonds is 5. The molecular weight excluding hydrogens is 390 g/mol. The number of sulfonamides is 1. The van der Waals surface area contributed by atoms with Gasteiger partial charge in [-0.3, -0.25) is 4.79 Å². The van der Waals surface area contributed by atoms with Crippen LogP contribution in [0.15, 0.2) is 59.6 Å². The molecule has 150 valence electrons. The van der Waals surface area contributed by atoms with Crippen molar-refractivity contribution in [3.63, 3.8) is 0 Å². The number of nitrogens with zero attached hydrogens (tertiary/aromatic N) is 3. The summed E-state index contributed by atoms with van der Waals surface area (Å²) in [5.74, 6) is 0.282. The van der Waals surface area contributed by atoms with E-state index in [1.165, 1.54) is 23.4 Å². The van der Waals surface area contributed by atoms with E-state index in [2.05, 4.69) is 9.97 Å². The minimum Gasteiger partial charge on any atom is -0.473 e. The van der Waals surface area contributed by atoms with Gasteiger partial charge in [0, 0.05) is 18.7 Å². The zero-order valence-corrected chi connectivity index (χ0v) is 16.8. The number of benzene rings is 2. The molecule has 1 fully saturated rings. The Kier molecular flexibility index (Phi) is 5.29. The summed E-state index contributed by atoms with van der Waals surface area (Å²) >= 11 is 0. The van der Waals surface area contributed by atoms with Crippen LogP contribution < -0.4 is 4.74 Å². The molecule has 0 unspecified atom stereocenters. The lowest BCUT2D eigenvalue weighted by Crippen LogP contribution is -2.41. The molecule has 0 atom stereocenters. The van der Waals surface area contributed by atoms with Crippen molar-refractivity contribution in [2.45, 2.75) is 30.8 Å². The predicted molar refractivity (Wildman–Crippen MR) is 108 cm³/mol. The Hall–Kier alpha value is -2.84. The molecule has 29 heavy (non-hydrogen) atoms. The summed E-state index contributed by atoms with van der Waals surface area (Å²) in [6.07, 6.45) is 2.58. The maximum Gasteiger partial charge on any atom is 0.243 e. The maximum atomic E-state index is 12.9. The number of piperidine rings is 1. The van der Waals surface area contributed by atoms with Crippen LogP contribution in [0.2, 0.25) is 0 Å². The van der Waals surface area contributed by atoms with E-state index < -0.39 is 10.0 Å². The lowest BCUT2D eigenvalue weighted by Gasteiger charge is -2.31. The minimum atomic E-state index is -3.65. The summed E-state index contributed by atoms with van der Waals surface area (Å²) in [5, 5.41) is 0. The lowest BCUT2D eigenvalue weighted by molar-refractivity contribution is 0.101. The highest BCUT2D eigenvalue weighted by Gasteiger charge is 2.30. The molecule has 0 radical (unpaired) electrons. The van der Waals surface area contributed by atoms with Gasteiger partial charge in [-0.2, -0.15) is 4.31 Å². The molecule has 1 aliphatic heterocycles. The van der Waals surface area contributed by atoms with E-state index in [1.807, 2.05) is 24.3 Å². The smallest absolute Gasteiger partial charge is 0.243 e. The van der Waals surface area contributed by atoms with Gasteiger partial charge >= 0.3 is 0 Å². The van der Waals surface area contributed by atoms with E-state index in [9.17, 15) is 13.2 Å². The van der Waals surface area contributed by atoms with Crippen molar-refractivity contribution < 1.29 is 17.9 Å². The van der Waals surface area contributed by atoms with Crippen LogP contribution in [0.25, 0.3) is 11.0 Å². The normalized spacial score (nSPS) is 16.0. The fourth-order valence-electron chi connectivity index (χ4n) is 3.38. The van der Waals surface area contributed by atoms with E-state index in [0.717, 1.165) is 11.0 Å². The zero-order valence-electron chi connectivity index (χ0n) is 16.0. The van der Waals surface area contributed by atoms with E-state index in [1.54, 1.807) is 18.3 Å². The number of carbonyl (C=O) groups excluding carboxylic acids is 1. The SMILES string of the molecule is CC(=O)c1cccc(S(=O)(=O)N2CCC(Oc3cnc4ccccc4n3)CC2)c1. The largest absolute Gasteiger partial charge is 0.473 e. The van der Waals surface area contributed by atoms with E-state index >= 15 is 0 Å². The summed E-state index contributed by atoms with van der Waals surface area (Å²) in [4.78, 5) is 20.5. The van der Waals surface area contributed by atoms with Crippen LogP contribution >= 0.6 is 0 Å². The van der Waals surface area contributed by atoms with Crippen molar-refractivity contribution in [1.82, 2.24) is 14.3 Å². The van der Waals surface area contributed by atoms with E-state index in [4.69, 9.17) is 4.74 Å². The number of hydrogen-bond acceptors (Lipinski definition) is 6. The molecule has 1 aliphatic rings. The Bertz CT molecular complexity index is 1160. The second-order valence-corrected chi connectivity index (χ2v) is 8.94. The standard InChI is InChI=1S/C21H21N3O4S/c1-15(25)16-5-4-6-18(13-16)29(26,27)24-11-9-17(10-12-24)28-21-14-22-19-7-2-3-8-20(19)23-21/h2-8,13-14,17H,9-12H2,1H3. The van der Waals surface area contributed by atoms with Crippen molar-refractivity contribution >= 4 is 26.8 Å². The highest BCUT2D eigenvalue weighted by atomic mass is 32.2. The first-order chi connectivity index (χ1) is 13.9. The topological polar surface area (TPSA) is 89.5 Å². The number of para-hydroxylation sites is 2. The van der Waals surface area contributed by atoms with Crippen LogP contribution in [0.3, 0.4) is 0 Å². The van der Waals surface area contributed by atoms with Crippen molar-refractivity contribution in [3.05, 3.63) is 60.3 Å². The van der Waals surface area contributed by atoms with Gasteiger partial charge in [0.1, 0.15) is 6.10 Å². The summed E-state index contributed by atoms with van der Waals surface area (Å²) in [5.41, 5.74) is 1.95. The van der Waals surface area contributed by atoms with Crippen molar-refractivity contribution in [1.29, 1.82) is 0 Å². The number of aromatic nitrogens is 2. The van der Waals surface area contributed by atoms with Crippen LogP contribution in [0.1, 0.15) is 30.1 Å². The molecule has 0 bridgehead atoms. The summed E-state index contributed by atoms with van der Waals surface area (Å²) in [6, 6.07) is 13.7. The van der Waals surface area contributed by atoms with Crippen LogP contribution in [-0.4, -0.2) is 47.7 Å². The second-order valence-electron chi connectivity index (χ2n) is 7.00. The molecule has 3 aromatic rings. The highest BCUT2D eigenvalue weighted by molar-refractivity contribution is 7.89. The number of ketones is 1. The Morgan fingerprint density at radius 3 is 2.52 bits per heavy atom. The molecule has 2 heterocycles.